The van der Waals surface area contributed by atoms with E-state index < -0.39 is 11.9 Å². The monoisotopic (exact) mass is 315 g/mol. The Labute approximate surface area is 132 Å². The van der Waals surface area contributed by atoms with E-state index in [0.29, 0.717) is 29.4 Å². The summed E-state index contributed by atoms with van der Waals surface area (Å²) in [7, 11) is 1.55. The minimum atomic E-state index is -0.869. The molecule has 1 aromatic carbocycles. The molecule has 23 heavy (non-hydrogen) atoms. The average molecular weight is 315 g/mol. The number of aliphatic carboxylic acids is 1. The number of benzene rings is 1. The zero-order valence-electron chi connectivity index (χ0n) is 12.7. The van der Waals surface area contributed by atoms with Gasteiger partial charge >= 0.3 is 5.97 Å². The molecule has 1 aliphatic heterocycles. The molecular formula is C16H17N3O4. The molecular weight excluding hydrogens is 298 g/mol. The minimum Gasteiger partial charge on any atom is -0.481 e. The summed E-state index contributed by atoms with van der Waals surface area (Å²) < 4.78 is 1.23. The number of amides is 1. The summed E-state index contributed by atoms with van der Waals surface area (Å²) in [5.41, 5.74) is 0.329. The van der Waals surface area contributed by atoms with Crippen molar-refractivity contribution in [3.05, 3.63) is 40.3 Å². The van der Waals surface area contributed by atoms with E-state index in [1.165, 1.54) is 4.68 Å². The zero-order chi connectivity index (χ0) is 16.6. The van der Waals surface area contributed by atoms with Crippen molar-refractivity contribution < 1.29 is 14.7 Å². The Bertz CT molecular complexity index is 843. The molecule has 7 nitrogen and oxygen atoms in total. The fourth-order valence-corrected chi connectivity index (χ4v) is 2.95. The second-order valence-electron chi connectivity index (χ2n) is 5.76. The summed E-state index contributed by atoms with van der Waals surface area (Å²) >= 11 is 0. The maximum absolute atomic E-state index is 12.4. The van der Waals surface area contributed by atoms with Crippen LogP contribution < -0.4 is 5.56 Å². The molecule has 7 heteroatoms. The molecule has 2 heterocycles. The number of carbonyl (C=O) groups excluding carboxylic acids is 1. The van der Waals surface area contributed by atoms with Gasteiger partial charge in [0.05, 0.1) is 23.4 Å². The Kier molecular flexibility index (Phi) is 3.85. The van der Waals surface area contributed by atoms with Gasteiger partial charge in [-0.05, 0) is 12.5 Å². The smallest absolute Gasteiger partial charge is 0.308 e. The molecule has 1 atom stereocenters. The molecule has 1 aromatic heterocycles. The number of carboxylic acids is 1. The summed E-state index contributed by atoms with van der Waals surface area (Å²) in [6, 6.07) is 7.06. The van der Waals surface area contributed by atoms with Crippen molar-refractivity contribution in [1.82, 2.24) is 14.7 Å². The third kappa shape index (κ3) is 2.81. The highest BCUT2D eigenvalue weighted by atomic mass is 16.4. The largest absolute Gasteiger partial charge is 0.481 e. The van der Waals surface area contributed by atoms with Gasteiger partial charge in [-0.25, -0.2) is 4.68 Å². The van der Waals surface area contributed by atoms with E-state index in [0.717, 1.165) is 0 Å². The summed E-state index contributed by atoms with van der Waals surface area (Å²) in [6.45, 7) is 0.678. The van der Waals surface area contributed by atoms with E-state index in [4.69, 9.17) is 5.11 Å². The Hall–Kier alpha value is -2.70. The van der Waals surface area contributed by atoms with Crippen molar-refractivity contribution in [2.75, 3.05) is 13.1 Å². The molecule has 0 spiro atoms. The molecule has 1 saturated heterocycles. The van der Waals surface area contributed by atoms with Crippen LogP contribution in [0.5, 0.6) is 0 Å². The normalized spacial score (nSPS) is 17.6. The topological polar surface area (TPSA) is 92.5 Å². The first-order chi connectivity index (χ1) is 11.0. The Morgan fingerprint density at radius 3 is 2.65 bits per heavy atom. The predicted molar refractivity (Wildman–Crippen MR) is 83.0 cm³/mol. The molecule has 0 unspecified atom stereocenters. The number of rotatable bonds is 3. The van der Waals surface area contributed by atoms with E-state index in [1.54, 1.807) is 36.2 Å². The number of hydrogen-bond donors (Lipinski definition) is 1. The molecule has 2 aromatic rings. The fourth-order valence-electron chi connectivity index (χ4n) is 2.95. The minimum absolute atomic E-state index is 0.0565. The van der Waals surface area contributed by atoms with Gasteiger partial charge in [0.25, 0.3) is 5.56 Å². The zero-order valence-corrected chi connectivity index (χ0v) is 12.7. The Morgan fingerprint density at radius 1 is 1.30 bits per heavy atom. The maximum atomic E-state index is 12.4. The van der Waals surface area contributed by atoms with Crippen molar-refractivity contribution in [3.63, 3.8) is 0 Å². The number of likely N-dealkylation sites (tertiary alicyclic amines) is 1. The van der Waals surface area contributed by atoms with Crippen LogP contribution in [0.3, 0.4) is 0 Å². The third-order valence-electron chi connectivity index (χ3n) is 4.24. The number of fused-ring (bicyclic) bond motifs is 1. The van der Waals surface area contributed by atoms with Gasteiger partial charge in [0.15, 0.2) is 0 Å². The van der Waals surface area contributed by atoms with E-state index >= 15 is 0 Å². The van der Waals surface area contributed by atoms with E-state index in [2.05, 4.69) is 5.10 Å². The molecule has 1 fully saturated rings. The summed E-state index contributed by atoms with van der Waals surface area (Å²) in [6.07, 6.45) is 0.531. The molecule has 0 saturated carbocycles. The SMILES string of the molecule is Cn1nc(CC(=O)N2CC[C@@H](C(=O)O)C2)c2ccccc2c1=O. The number of carbonyl (C=O) groups is 2. The van der Waals surface area contributed by atoms with Gasteiger partial charge in [0.2, 0.25) is 5.91 Å². The summed E-state index contributed by atoms with van der Waals surface area (Å²) in [4.78, 5) is 37.1. The Balaban J connectivity index is 1.88. The predicted octanol–water partition coefficient (Wildman–Crippen LogP) is 0.409. The number of aryl methyl sites for hydroxylation is 1. The molecule has 1 aliphatic rings. The number of nitrogens with zero attached hydrogens (tertiary/aromatic N) is 3. The van der Waals surface area contributed by atoms with Crippen molar-refractivity contribution >= 4 is 22.6 Å². The van der Waals surface area contributed by atoms with Crippen molar-refractivity contribution in [2.45, 2.75) is 12.8 Å². The van der Waals surface area contributed by atoms with Gasteiger partial charge < -0.3 is 10.0 Å². The number of aromatic nitrogens is 2. The van der Waals surface area contributed by atoms with Gasteiger partial charge in [0, 0.05) is 25.5 Å². The van der Waals surface area contributed by atoms with Gasteiger partial charge in [-0.15, -0.1) is 0 Å². The maximum Gasteiger partial charge on any atom is 0.308 e. The van der Waals surface area contributed by atoms with E-state index in [1.807, 2.05) is 0 Å². The molecule has 1 amide bonds. The average Bonchev–Trinajstić information content (AvgIpc) is 3.03. The van der Waals surface area contributed by atoms with Crippen LogP contribution in [0.4, 0.5) is 0 Å². The quantitative estimate of drug-likeness (QED) is 0.885. The van der Waals surface area contributed by atoms with Gasteiger partial charge in [-0.1, -0.05) is 18.2 Å². The van der Waals surface area contributed by atoms with Gasteiger partial charge in [-0.2, -0.15) is 5.10 Å². The Morgan fingerprint density at radius 2 is 2.00 bits per heavy atom. The highest BCUT2D eigenvalue weighted by Crippen LogP contribution is 2.19. The van der Waals surface area contributed by atoms with Crippen LogP contribution in [0.25, 0.3) is 10.8 Å². The molecule has 0 aliphatic carbocycles. The van der Waals surface area contributed by atoms with Crippen molar-refractivity contribution in [1.29, 1.82) is 0 Å². The molecule has 1 N–H and O–H groups in total. The highest BCUT2D eigenvalue weighted by Gasteiger charge is 2.31. The second kappa shape index (κ2) is 5.83. The van der Waals surface area contributed by atoms with Crippen LogP contribution in [-0.2, 0) is 23.1 Å². The van der Waals surface area contributed by atoms with Crippen LogP contribution in [0.2, 0.25) is 0 Å². The van der Waals surface area contributed by atoms with Crippen LogP contribution in [-0.4, -0.2) is 44.8 Å². The first-order valence-corrected chi connectivity index (χ1v) is 7.43. The lowest BCUT2D eigenvalue weighted by atomic mass is 10.1. The van der Waals surface area contributed by atoms with Crippen LogP contribution in [0.15, 0.2) is 29.1 Å². The first kappa shape index (κ1) is 15.2. The third-order valence-corrected chi connectivity index (χ3v) is 4.24. The lowest BCUT2D eigenvalue weighted by Crippen LogP contribution is -2.32. The van der Waals surface area contributed by atoms with Crippen LogP contribution >= 0.6 is 0 Å². The van der Waals surface area contributed by atoms with E-state index in [9.17, 15) is 14.4 Å². The standard InChI is InChI=1S/C16H17N3O4/c1-18-15(21)12-5-3-2-4-11(12)13(17-18)8-14(20)19-7-6-10(9-19)16(22)23/h2-5,10H,6-9H2,1H3,(H,22,23)/t10-/m1/s1. The lowest BCUT2D eigenvalue weighted by molar-refractivity contribution is -0.141. The molecule has 120 valence electrons. The van der Waals surface area contributed by atoms with Crippen LogP contribution in [0.1, 0.15) is 12.1 Å². The summed E-state index contributed by atoms with van der Waals surface area (Å²) in [5.74, 6) is -1.53. The van der Waals surface area contributed by atoms with Crippen molar-refractivity contribution in [2.24, 2.45) is 13.0 Å². The molecule has 0 bridgehead atoms. The number of carboxylic acid groups (broad SMARTS) is 1. The molecule has 0 radical (unpaired) electrons. The number of hydrogen-bond acceptors (Lipinski definition) is 4. The van der Waals surface area contributed by atoms with Crippen LogP contribution in [0, 0.1) is 5.92 Å². The van der Waals surface area contributed by atoms with Crippen molar-refractivity contribution in [3.8, 4) is 0 Å². The second-order valence-corrected chi connectivity index (χ2v) is 5.76. The highest BCUT2D eigenvalue weighted by molar-refractivity contribution is 5.88. The lowest BCUT2D eigenvalue weighted by Gasteiger charge is -2.16. The van der Waals surface area contributed by atoms with Gasteiger partial charge in [0.1, 0.15) is 0 Å². The fraction of sp³-hybridized carbons (Fsp3) is 0.375. The summed E-state index contributed by atoms with van der Waals surface area (Å²) in [5, 5.41) is 14.4. The molecule has 3 rings (SSSR count). The van der Waals surface area contributed by atoms with Gasteiger partial charge in [-0.3, -0.25) is 14.4 Å². The van der Waals surface area contributed by atoms with E-state index in [-0.39, 0.29) is 24.4 Å². The first-order valence-electron chi connectivity index (χ1n) is 7.43.